The number of hydrogen-bond acceptors (Lipinski definition) is 3. The summed E-state index contributed by atoms with van der Waals surface area (Å²) in [5, 5.41) is 2.92. The van der Waals surface area contributed by atoms with Gasteiger partial charge in [0.05, 0.1) is 5.52 Å². The smallest absolute Gasteiger partial charge is 0.408 e. The molecule has 1 N–H and O–H groups in total. The van der Waals surface area contributed by atoms with E-state index in [1.807, 2.05) is 13.0 Å². The van der Waals surface area contributed by atoms with E-state index in [1.54, 1.807) is 25.1 Å². The Morgan fingerprint density at radius 3 is 2.75 bits per heavy atom. The lowest BCUT2D eigenvalue weighted by Gasteiger charge is -2.17. The highest BCUT2D eigenvalue weighted by Crippen LogP contribution is 2.16. The van der Waals surface area contributed by atoms with Crippen molar-refractivity contribution in [1.82, 2.24) is 9.88 Å². The third-order valence-corrected chi connectivity index (χ3v) is 3.40. The van der Waals surface area contributed by atoms with E-state index in [-0.39, 0.29) is 11.9 Å². The van der Waals surface area contributed by atoms with Gasteiger partial charge in [-0.05, 0) is 32.4 Å². The first-order valence-corrected chi connectivity index (χ1v) is 6.95. The number of para-hydroxylation sites is 2. The summed E-state index contributed by atoms with van der Waals surface area (Å²) in [5.74, 6) is -0.670. The Balaban J connectivity index is 2.27. The SMILES string of the molecule is CCC[C@@H](C)NC(=O)[C@@H](C)n1c(=O)oc2ccccc21. The molecule has 2 aromatic rings. The maximum atomic E-state index is 12.2. The summed E-state index contributed by atoms with van der Waals surface area (Å²) in [4.78, 5) is 24.1. The van der Waals surface area contributed by atoms with Crippen LogP contribution < -0.4 is 11.1 Å². The van der Waals surface area contributed by atoms with Gasteiger partial charge in [-0.1, -0.05) is 25.5 Å². The topological polar surface area (TPSA) is 64.2 Å². The number of aromatic nitrogens is 1. The van der Waals surface area contributed by atoms with E-state index in [1.165, 1.54) is 4.57 Å². The van der Waals surface area contributed by atoms with E-state index in [0.29, 0.717) is 11.1 Å². The highest BCUT2D eigenvalue weighted by Gasteiger charge is 2.21. The van der Waals surface area contributed by atoms with Gasteiger partial charge < -0.3 is 9.73 Å². The summed E-state index contributed by atoms with van der Waals surface area (Å²) in [6.45, 7) is 5.74. The van der Waals surface area contributed by atoms with Gasteiger partial charge in [0.2, 0.25) is 5.91 Å². The van der Waals surface area contributed by atoms with Crippen molar-refractivity contribution in [1.29, 1.82) is 0 Å². The Kier molecular flexibility index (Phi) is 4.27. The van der Waals surface area contributed by atoms with Gasteiger partial charge in [-0.15, -0.1) is 0 Å². The van der Waals surface area contributed by atoms with Crippen molar-refractivity contribution >= 4 is 17.0 Å². The lowest BCUT2D eigenvalue weighted by Crippen LogP contribution is -2.39. The minimum absolute atomic E-state index is 0.101. The molecular weight excluding hydrogens is 256 g/mol. The second-order valence-corrected chi connectivity index (χ2v) is 5.08. The van der Waals surface area contributed by atoms with Crippen molar-refractivity contribution in [2.45, 2.75) is 45.7 Å². The fourth-order valence-electron chi connectivity index (χ4n) is 2.34. The van der Waals surface area contributed by atoms with Crippen LogP contribution in [-0.4, -0.2) is 16.5 Å². The van der Waals surface area contributed by atoms with Crippen molar-refractivity contribution in [3.63, 3.8) is 0 Å². The Morgan fingerprint density at radius 2 is 2.05 bits per heavy atom. The van der Waals surface area contributed by atoms with E-state index in [0.717, 1.165) is 12.8 Å². The first kappa shape index (κ1) is 14.4. The van der Waals surface area contributed by atoms with Crippen LogP contribution >= 0.6 is 0 Å². The van der Waals surface area contributed by atoms with Gasteiger partial charge in [0.15, 0.2) is 5.58 Å². The molecule has 5 heteroatoms. The van der Waals surface area contributed by atoms with Crippen molar-refractivity contribution in [3.05, 3.63) is 34.8 Å². The number of carbonyl (C=O) groups is 1. The van der Waals surface area contributed by atoms with Gasteiger partial charge in [-0.2, -0.15) is 0 Å². The second kappa shape index (κ2) is 5.94. The van der Waals surface area contributed by atoms with Crippen LogP contribution in [0.2, 0.25) is 0 Å². The van der Waals surface area contributed by atoms with Crippen LogP contribution in [0.3, 0.4) is 0 Å². The van der Waals surface area contributed by atoms with Crippen LogP contribution in [0.15, 0.2) is 33.5 Å². The minimum Gasteiger partial charge on any atom is -0.408 e. The number of amides is 1. The fourth-order valence-corrected chi connectivity index (χ4v) is 2.34. The van der Waals surface area contributed by atoms with Crippen LogP contribution in [0.1, 0.15) is 39.7 Å². The quantitative estimate of drug-likeness (QED) is 0.912. The number of rotatable bonds is 5. The molecule has 0 fully saturated rings. The number of benzene rings is 1. The molecule has 0 aliphatic carbocycles. The van der Waals surface area contributed by atoms with E-state index >= 15 is 0 Å². The van der Waals surface area contributed by atoms with E-state index in [9.17, 15) is 9.59 Å². The molecule has 0 saturated carbocycles. The zero-order valence-electron chi connectivity index (χ0n) is 12.1. The van der Waals surface area contributed by atoms with Gasteiger partial charge in [0, 0.05) is 6.04 Å². The summed E-state index contributed by atoms with van der Waals surface area (Å²) in [7, 11) is 0. The molecule has 0 aliphatic heterocycles. The Labute approximate surface area is 117 Å². The summed E-state index contributed by atoms with van der Waals surface area (Å²) in [5.41, 5.74) is 1.14. The summed E-state index contributed by atoms with van der Waals surface area (Å²) in [6.07, 6.45) is 1.92. The number of carbonyl (C=O) groups excluding carboxylic acids is 1. The van der Waals surface area contributed by atoms with Crippen LogP contribution in [0.5, 0.6) is 0 Å². The second-order valence-electron chi connectivity index (χ2n) is 5.08. The van der Waals surface area contributed by atoms with Gasteiger partial charge >= 0.3 is 5.76 Å². The molecule has 1 aromatic carbocycles. The molecule has 0 bridgehead atoms. The molecule has 2 rings (SSSR count). The summed E-state index contributed by atoms with van der Waals surface area (Å²) >= 11 is 0. The van der Waals surface area contributed by atoms with E-state index in [4.69, 9.17) is 4.42 Å². The molecule has 0 aliphatic rings. The highest BCUT2D eigenvalue weighted by molar-refractivity contribution is 5.83. The molecule has 1 aromatic heterocycles. The zero-order chi connectivity index (χ0) is 14.7. The van der Waals surface area contributed by atoms with Crippen molar-refractivity contribution in [3.8, 4) is 0 Å². The van der Waals surface area contributed by atoms with Gasteiger partial charge in [-0.3, -0.25) is 9.36 Å². The first-order chi connectivity index (χ1) is 9.54. The highest BCUT2D eigenvalue weighted by atomic mass is 16.4. The molecule has 108 valence electrons. The maximum Gasteiger partial charge on any atom is 0.420 e. The third kappa shape index (κ3) is 2.76. The van der Waals surface area contributed by atoms with Crippen LogP contribution in [0.4, 0.5) is 0 Å². The number of oxazole rings is 1. The standard InChI is InChI=1S/C15H20N2O3/c1-4-7-10(2)16-14(18)11(3)17-12-8-5-6-9-13(12)20-15(17)19/h5-6,8-11H,4,7H2,1-3H3,(H,16,18)/t10-,11-/m1/s1. The summed E-state index contributed by atoms with van der Waals surface area (Å²) in [6, 6.07) is 6.62. The van der Waals surface area contributed by atoms with Crippen LogP contribution in [0, 0.1) is 0 Å². The molecule has 5 nitrogen and oxygen atoms in total. The Bertz CT molecular complexity index is 656. The number of fused-ring (bicyclic) bond motifs is 1. The van der Waals surface area contributed by atoms with Crippen LogP contribution in [-0.2, 0) is 4.79 Å². The van der Waals surface area contributed by atoms with E-state index < -0.39 is 11.8 Å². The molecule has 0 spiro atoms. The Morgan fingerprint density at radius 1 is 1.35 bits per heavy atom. The molecule has 20 heavy (non-hydrogen) atoms. The summed E-state index contributed by atoms with van der Waals surface area (Å²) < 4.78 is 6.54. The molecule has 1 amide bonds. The van der Waals surface area contributed by atoms with Gasteiger partial charge in [-0.25, -0.2) is 4.79 Å². The molecular formula is C15H20N2O3. The first-order valence-electron chi connectivity index (χ1n) is 6.95. The Hall–Kier alpha value is -2.04. The van der Waals surface area contributed by atoms with Crippen molar-refractivity contribution < 1.29 is 9.21 Å². The number of nitrogens with zero attached hydrogens (tertiary/aromatic N) is 1. The van der Waals surface area contributed by atoms with Gasteiger partial charge in [0.25, 0.3) is 0 Å². The lowest BCUT2D eigenvalue weighted by molar-refractivity contribution is -0.124. The molecule has 0 saturated heterocycles. The van der Waals surface area contributed by atoms with E-state index in [2.05, 4.69) is 12.2 Å². The average Bonchev–Trinajstić information content (AvgIpc) is 2.73. The zero-order valence-corrected chi connectivity index (χ0v) is 12.1. The predicted molar refractivity (Wildman–Crippen MR) is 77.7 cm³/mol. The predicted octanol–water partition coefficient (Wildman–Crippen LogP) is 2.46. The molecule has 0 radical (unpaired) electrons. The van der Waals surface area contributed by atoms with Crippen molar-refractivity contribution in [2.75, 3.05) is 0 Å². The monoisotopic (exact) mass is 276 g/mol. The third-order valence-electron chi connectivity index (χ3n) is 3.40. The molecule has 2 atom stereocenters. The fraction of sp³-hybridized carbons (Fsp3) is 0.467. The number of hydrogen-bond donors (Lipinski definition) is 1. The van der Waals surface area contributed by atoms with Gasteiger partial charge in [0.1, 0.15) is 6.04 Å². The lowest BCUT2D eigenvalue weighted by atomic mass is 10.2. The number of nitrogens with one attached hydrogen (secondary N) is 1. The maximum absolute atomic E-state index is 12.2. The largest absolute Gasteiger partial charge is 0.420 e. The average molecular weight is 276 g/mol. The normalized spacial score (nSPS) is 14.2. The molecule has 0 unspecified atom stereocenters. The van der Waals surface area contributed by atoms with Crippen molar-refractivity contribution in [2.24, 2.45) is 0 Å². The minimum atomic E-state index is -0.592. The van der Waals surface area contributed by atoms with Crippen LogP contribution in [0.25, 0.3) is 11.1 Å². The molecule has 1 heterocycles.